The molecule has 0 heterocycles. The molecule has 0 aliphatic heterocycles. The quantitative estimate of drug-likeness (QED) is 0.753. The van der Waals surface area contributed by atoms with Crippen molar-refractivity contribution in [3.8, 4) is 0 Å². The number of halogens is 1. The highest BCUT2D eigenvalue weighted by Crippen LogP contribution is 2.23. The summed E-state index contributed by atoms with van der Waals surface area (Å²) in [5.41, 5.74) is 0.569. The fourth-order valence-electron chi connectivity index (χ4n) is 1.39. The number of rotatable bonds is 7. The number of para-hydroxylation sites is 1. The molecule has 1 unspecified atom stereocenters. The monoisotopic (exact) mass is 334 g/mol. The lowest BCUT2D eigenvalue weighted by atomic mass is 10.3. The van der Waals surface area contributed by atoms with Crippen molar-refractivity contribution >= 4 is 31.6 Å². The van der Waals surface area contributed by atoms with Gasteiger partial charge in [-0.05, 0) is 48.0 Å². The molecule has 0 amide bonds. The first-order chi connectivity index (χ1) is 8.47. The molecule has 0 fully saturated rings. The highest BCUT2D eigenvalue weighted by atomic mass is 79.9. The maximum Gasteiger partial charge on any atom is 0.236 e. The Balaban J connectivity index is 2.67. The average molecular weight is 335 g/mol. The van der Waals surface area contributed by atoms with Crippen molar-refractivity contribution in [3.05, 3.63) is 28.7 Å². The zero-order chi connectivity index (χ0) is 13.6. The van der Waals surface area contributed by atoms with Gasteiger partial charge in [-0.1, -0.05) is 19.1 Å². The molecule has 1 aromatic carbocycles. The third-order valence-corrected chi connectivity index (χ3v) is 4.94. The van der Waals surface area contributed by atoms with Crippen LogP contribution in [0.3, 0.4) is 0 Å². The molecule has 6 heteroatoms. The van der Waals surface area contributed by atoms with Crippen molar-refractivity contribution < 1.29 is 8.42 Å². The first kappa shape index (κ1) is 15.5. The number of nitrogens with one attached hydrogen (secondary N) is 2. The van der Waals surface area contributed by atoms with Gasteiger partial charge in [0, 0.05) is 11.0 Å². The van der Waals surface area contributed by atoms with E-state index < -0.39 is 15.3 Å². The summed E-state index contributed by atoms with van der Waals surface area (Å²) in [5, 5.41) is 2.63. The summed E-state index contributed by atoms with van der Waals surface area (Å²) in [4.78, 5) is 0. The summed E-state index contributed by atoms with van der Waals surface area (Å²) in [7, 11) is -3.36. The Bertz CT molecular complexity index is 477. The number of sulfonamides is 1. The Morgan fingerprint density at radius 2 is 2.00 bits per heavy atom. The van der Waals surface area contributed by atoms with Crippen molar-refractivity contribution in [2.45, 2.75) is 25.5 Å². The predicted molar refractivity (Wildman–Crippen MR) is 79.3 cm³/mol. The van der Waals surface area contributed by atoms with Gasteiger partial charge in [-0.2, -0.15) is 0 Å². The predicted octanol–water partition coefficient (Wildman–Crippen LogP) is 2.58. The topological polar surface area (TPSA) is 58.2 Å². The van der Waals surface area contributed by atoms with Crippen molar-refractivity contribution in [2.24, 2.45) is 0 Å². The average Bonchev–Trinajstić information content (AvgIpc) is 2.32. The van der Waals surface area contributed by atoms with E-state index >= 15 is 0 Å². The number of hydrogen-bond donors (Lipinski definition) is 2. The van der Waals surface area contributed by atoms with Crippen LogP contribution in [0, 0.1) is 0 Å². The number of anilines is 1. The molecular weight excluding hydrogens is 316 g/mol. The van der Waals surface area contributed by atoms with Gasteiger partial charge in [-0.15, -0.1) is 0 Å². The van der Waals surface area contributed by atoms with Crippen LogP contribution in [0.25, 0.3) is 0 Å². The Labute approximate surface area is 117 Å². The minimum atomic E-state index is -3.36. The van der Waals surface area contributed by atoms with E-state index in [0.29, 0.717) is 12.2 Å². The minimum absolute atomic E-state index is 0.452. The molecule has 0 aliphatic rings. The second-order valence-electron chi connectivity index (χ2n) is 4.14. The third kappa shape index (κ3) is 4.59. The molecule has 1 atom stereocenters. The van der Waals surface area contributed by atoms with E-state index in [2.05, 4.69) is 26.0 Å². The lowest BCUT2D eigenvalue weighted by molar-refractivity contribution is 0.576. The highest BCUT2D eigenvalue weighted by molar-refractivity contribution is 9.10. The summed E-state index contributed by atoms with van der Waals surface area (Å²) < 4.78 is 27.5. The molecule has 0 saturated carbocycles. The van der Waals surface area contributed by atoms with Gasteiger partial charge in [0.25, 0.3) is 0 Å². The fraction of sp³-hybridized carbons (Fsp3) is 0.500. The van der Waals surface area contributed by atoms with E-state index in [0.717, 1.165) is 17.4 Å². The summed E-state index contributed by atoms with van der Waals surface area (Å²) in [6.07, 6.45) is 0.991. The molecule has 18 heavy (non-hydrogen) atoms. The van der Waals surface area contributed by atoms with Gasteiger partial charge in [-0.25, -0.2) is 8.42 Å². The van der Waals surface area contributed by atoms with Crippen molar-refractivity contribution in [1.82, 2.24) is 5.32 Å². The molecule has 2 N–H and O–H groups in total. The second-order valence-corrected chi connectivity index (χ2v) is 7.09. The summed E-state index contributed by atoms with van der Waals surface area (Å²) in [6, 6.07) is 7.17. The molecule has 0 radical (unpaired) electrons. The Kier molecular flexibility index (Phi) is 6.11. The number of benzene rings is 1. The summed E-state index contributed by atoms with van der Waals surface area (Å²) in [5.74, 6) is 0. The maximum atomic E-state index is 12.1. The first-order valence-electron chi connectivity index (χ1n) is 5.94. The Morgan fingerprint density at radius 3 is 2.61 bits per heavy atom. The summed E-state index contributed by atoms with van der Waals surface area (Å²) >= 11 is 3.32. The Hall–Kier alpha value is -0.590. The van der Waals surface area contributed by atoms with Gasteiger partial charge in [0.1, 0.15) is 0 Å². The molecule has 0 aromatic heterocycles. The normalized spacial score (nSPS) is 13.3. The van der Waals surface area contributed by atoms with Crippen LogP contribution in [-0.4, -0.2) is 26.8 Å². The van der Waals surface area contributed by atoms with Crippen LogP contribution >= 0.6 is 15.9 Å². The maximum absolute atomic E-state index is 12.1. The molecule has 1 aromatic rings. The van der Waals surface area contributed by atoms with Crippen molar-refractivity contribution in [3.63, 3.8) is 0 Å². The lowest BCUT2D eigenvalue weighted by Gasteiger charge is -2.16. The van der Waals surface area contributed by atoms with Crippen LogP contribution in [0.1, 0.15) is 20.3 Å². The first-order valence-corrected chi connectivity index (χ1v) is 8.28. The molecule has 0 aliphatic carbocycles. The molecule has 1 rings (SSSR count). The minimum Gasteiger partial charge on any atom is -0.315 e. The van der Waals surface area contributed by atoms with Gasteiger partial charge in [0.05, 0.1) is 10.9 Å². The molecule has 0 spiro atoms. The SMILES string of the molecule is CCCNCC(C)S(=O)(=O)Nc1ccccc1Br. The van der Waals surface area contributed by atoms with Crippen molar-refractivity contribution in [2.75, 3.05) is 17.8 Å². The van der Waals surface area contributed by atoms with Gasteiger partial charge in [-0.3, -0.25) is 4.72 Å². The van der Waals surface area contributed by atoms with E-state index in [-0.39, 0.29) is 0 Å². The van der Waals surface area contributed by atoms with Gasteiger partial charge in [0.15, 0.2) is 0 Å². The van der Waals surface area contributed by atoms with Crippen molar-refractivity contribution in [1.29, 1.82) is 0 Å². The highest BCUT2D eigenvalue weighted by Gasteiger charge is 2.20. The van der Waals surface area contributed by atoms with E-state index in [9.17, 15) is 8.42 Å². The number of hydrogen-bond acceptors (Lipinski definition) is 3. The third-order valence-electron chi connectivity index (χ3n) is 2.51. The molecule has 0 saturated heterocycles. The van der Waals surface area contributed by atoms with Crippen LogP contribution in [0.4, 0.5) is 5.69 Å². The largest absolute Gasteiger partial charge is 0.315 e. The lowest BCUT2D eigenvalue weighted by Crippen LogP contribution is -2.35. The zero-order valence-electron chi connectivity index (χ0n) is 10.6. The van der Waals surface area contributed by atoms with Gasteiger partial charge in [0.2, 0.25) is 10.0 Å². The van der Waals surface area contributed by atoms with Crippen LogP contribution < -0.4 is 10.0 Å². The van der Waals surface area contributed by atoms with Crippen LogP contribution in [0.5, 0.6) is 0 Å². The smallest absolute Gasteiger partial charge is 0.236 e. The molecule has 0 bridgehead atoms. The summed E-state index contributed by atoms with van der Waals surface area (Å²) in [6.45, 7) is 5.02. The fourth-order valence-corrected chi connectivity index (χ4v) is 2.93. The van der Waals surface area contributed by atoms with E-state index in [1.807, 2.05) is 13.0 Å². The van der Waals surface area contributed by atoms with E-state index in [4.69, 9.17) is 0 Å². The van der Waals surface area contributed by atoms with Crippen LogP contribution in [0.15, 0.2) is 28.7 Å². The molecular formula is C12H19BrN2O2S. The molecule has 4 nitrogen and oxygen atoms in total. The second kappa shape index (κ2) is 7.11. The van der Waals surface area contributed by atoms with Gasteiger partial charge >= 0.3 is 0 Å². The van der Waals surface area contributed by atoms with Crippen LogP contribution in [0.2, 0.25) is 0 Å². The Morgan fingerprint density at radius 1 is 1.33 bits per heavy atom. The van der Waals surface area contributed by atoms with E-state index in [1.54, 1.807) is 25.1 Å². The van der Waals surface area contributed by atoms with Crippen LogP contribution in [-0.2, 0) is 10.0 Å². The standard InChI is InChI=1S/C12H19BrN2O2S/c1-3-8-14-9-10(2)18(16,17)15-12-7-5-4-6-11(12)13/h4-7,10,14-15H,3,8-9H2,1-2H3. The zero-order valence-corrected chi connectivity index (χ0v) is 13.0. The van der Waals surface area contributed by atoms with Gasteiger partial charge < -0.3 is 5.32 Å². The van der Waals surface area contributed by atoms with E-state index in [1.165, 1.54) is 0 Å². The molecule has 102 valence electrons.